The number of thiocarbonyl (C=S) groups is 1. The summed E-state index contributed by atoms with van der Waals surface area (Å²) < 4.78 is 5.48. The van der Waals surface area contributed by atoms with E-state index < -0.39 is 0 Å². The average Bonchev–Trinajstić information content (AvgIpc) is 2.26. The fourth-order valence-corrected chi connectivity index (χ4v) is 1.06. The van der Waals surface area contributed by atoms with Crippen LogP contribution in [0.3, 0.4) is 0 Å². The van der Waals surface area contributed by atoms with Crippen molar-refractivity contribution in [3.8, 4) is 5.75 Å². The van der Waals surface area contributed by atoms with E-state index in [0.717, 1.165) is 11.3 Å². The van der Waals surface area contributed by atoms with Crippen LogP contribution in [0, 0.1) is 5.92 Å². The molecule has 15 heavy (non-hydrogen) atoms. The predicted molar refractivity (Wildman–Crippen MR) is 63.8 cm³/mol. The van der Waals surface area contributed by atoms with Gasteiger partial charge in [0, 0.05) is 5.92 Å². The third-order valence-corrected chi connectivity index (χ3v) is 2.49. The van der Waals surface area contributed by atoms with Gasteiger partial charge in [0.25, 0.3) is 0 Å². The Morgan fingerprint density at radius 2 is 2.07 bits per heavy atom. The van der Waals surface area contributed by atoms with Gasteiger partial charge >= 0.3 is 0 Å². The van der Waals surface area contributed by atoms with Gasteiger partial charge in [-0.1, -0.05) is 31.3 Å². The third kappa shape index (κ3) is 3.85. The highest BCUT2D eigenvalue weighted by atomic mass is 32.1. The quantitative estimate of drug-likeness (QED) is 0.745. The summed E-state index contributed by atoms with van der Waals surface area (Å²) in [6, 6.07) is 7.28. The van der Waals surface area contributed by atoms with Crippen LogP contribution in [0.5, 0.6) is 5.75 Å². The van der Waals surface area contributed by atoms with Gasteiger partial charge in [-0.25, -0.2) is 0 Å². The Kier molecular flexibility index (Phi) is 4.52. The molecule has 82 valence electrons. The highest BCUT2D eigenvalue weighted by Gasteiger charge is 2.05. The summed E-state index contributed by atoms with van der Waals surface area (Å²) in [5.41, 5.74) is 6.33. The van der Waals surface area contributed by atoms with Gasteiger partial charge in [0.1, 0.15) is 5.75 Å². The van der Waals surface area contributed by atoms with E-state index in [4.69, 9.17) is 27.8 Å². The van der Waals surface area contributed by atoms with Crippen LogP contribution in [0.4, 0.5) is 0 Å². The molecule has 1 rings (SSSR count). The van der Waals surface area contributed by atoms with Gasteiger partial charge in [-0.05, 0) is 17.7 Å². The van der Waals surface area contributed by atoms with Crippen LogP contribution in [-0.4, -0.2) is 16.7 Å². The van der Waals surface area contributed by atoms with Crippen molar-refractivity contribution in [2.24, 2.45) is 11.7 Å². The van der Waals surface area contributed by atoms with Gasteiger partial charge in [-0.15, -0.1) is 0 Å². The van der Waals surface area contributed by atoms with Crippen LogP contribution in [0.15, 0.2) is 24.3 Å². The van der Waals surface area contributed by atoms with Crippen molar-refractivity contribution in [3.63, 3.8) is 0 Å². The van der Waals surface area contributed by atoms with E-state index in [9.17, 15) is 0 Å². The number of aliphatic hydroxyl groups is 1. The van der Waals surface area contributed by atoms with Crippen LogP contribution < -0.4 is 10.5 Å². The van der Waals surface area contributed by atoms with E-state index in [1.165, 1.54) is 0 Å². The van der Waals surface area contributed by atoms with Crippen LogP contribution >= 0.6 is 12.2 Å². The van der Waals surface area contributed by atoms with Gasteiger partial charge in [-0.3, -0.25) is 0 Å². The summed E-state index contributed by atoms with van der Waals surface area (Å²) in [4.78, 5) is 0.460. The Hall–Kier alpha value is -1.13. The maximum atomic E-state index is 8.84. The van der Waals surface area contributed by atoms with E-state index in [0.29, 0.717) is 11.6 Å². The molecule has 0 radical (unpaired) electrons. The first-order valence-electron chi connectivity index (χ1n) is 4.75. The molecule has 3 nitrogen and oxygen atoms in total. The zero-order chi connectivity index (χ0) is 11.3. The zero-order valence-corrected chi connectivity index (χ0v) is 9.46. The van der Waals surface area contributed by atoms with Gasteiger partial charge < -0.3 is 15.6 Å². The van der Waals surface area contributed by atoms with E-state index in [1.54, 1.807) is 0 Å². The van der Waals surface area contributed by atoms with Gasteiger partial charge in [0.15, 0.2) is 0 Å². The SMILES string of the molecule is CC(COc1ccc(CO)cc1)C(N)=S. The third-order valence-electron chi connectivity index (χ3n) is 2.09. The lowest BCUT2D eigenvalue weighted by Gasteiger charge is -2.11. The number of ether oxygens (including phenoxy) is 1. The summed E-state index contributed by atoms with van der Waals surface area (Å²) in [5.74, 6) is 0.827. The Labute approximate surface area is 94.9 Å². The molecule has 0 heterocycles. The van der Waals surface area contributed by atoms with Crippen molar-refractivity contribution < 1.29 is 9.84 Å². The number of aliphatic hydroxyl groups excluding tert-OH is 1. The molecule has 0 saturated carbocycles. The zero-order valence-electron chi connectivity index (χ0n) is 8.64. The molecule has 4 heteroatoms. The number of hydrogen-bond acceptors (Lipinski definition) is 3. The first-order chi connectivity index (χ1) is 7.13. The minimum absolute atomic E-state index is 0.0452. The number of nitrogens with two attached hydrogens (primary N) is 1. The second-order valence-corrected chi connectivity index (χ2v) is 3.89. The molecule has 0 spiro atoms. The summed E-state index contributed by atoms with van der Waals surface area (Å²) in [7, 11) is 0. The van der Waals surface area contributed by atoms with E-state index in [1.807, 2.05) is 31.2 Å². The molecule has 1 unspecified atom stereocenters. The molecule has 3 N–H and O–H groups in total. The standard InChI is InChI=1S/C11H15NO2S/c1-8(11(12)15)7-14-10-4-2-9(6-13)3-5-10/h2-5,8,13H,6-7H2,1H3,(H2,12,15). The Morgan fingerprint density at radius 3 is 2.53 bits per heavy atom. The van der Waals surface area contributed by atoms with Crippen molar-refractivity contribution in [1.82, 2.24) is 0 Å². The topological polar surface area (TPSA) is 55.5 Å². The molecule has 0 aliphatic rings. The van der Waals surface area contributed by atoms with Crippen molar-refractivity contribution in [3.05, 3.63) is 29.8 Å². The number of rotatable bonds is 5. The Balaban J connectivity index is 2.47. The highest BCUT2D eigenvalue weighted by Crippen LogP contribution is 2.13. The monoisotopic (exact) mass is 225 g/mol. The molecule has 0 amide bonds. The first kappa shape index (κ1) is 11.9. The van der Waals surface area contributed by atoms with Gasteiger partial charge in [0.2, 0.25) is 0 Å². The maximum Gasteiger partial charge on any atom is 0.119 e. The maximum absolute atomic E-state index is 8.84. The van der Waals surface area contributed by atoms with Crippen LogP contribution in [0.25, 0.3) is 0 Å². The minimum Gasteiger partial charge on any atom is -0.493 e. The molecule has 0 aliphatic heterocycles. The fourth-order valence-electron chi connectivity index (χ4n) is 0.994. The van der Waals surface area contributed by atoms with Crippen molar-refractivity contribution >= 4 is 17.2 Å². The summed E-state index contributed by atoms with van der Waals surface area (Å²) in [6.07, 6.45) is 0. The average molecular weight is 225 g/mol. The molecular formula is C11H15NO2S. The van der Waals surface area contributed by atoms with Crippen LogP contribution in [0.1, 0.15) is 12.5 Å². The molecular weight excluding hydrogens is 210 g/mol. The molecule has 0 bridgehead atoms. The molecule has 1 aromatic carbocycles. The van der Waals surface area contributed by atoms with Gasteiger partial charge in [-0.2, -0.15) is 0 Å². The lowest BCUT2D eigenvalue weighted by Crippen LogP contribution is -2.23. The van der Waals surface area contributed by atoms with Gasteiger partial charge in [0.05, 0.1) is 18.2 Å². The Morgan fingerprint density at radius 1 is 1.47 bits per heavy atom. The lowest BCUT2D eigenvalue weighted by atomic mass is 10.2. The second-order valence-electron chi connectivity index (χ2n) is 3.42. The minimum atomic E-state index is 0.0452. The predicted octanol–water partition coefficient (Wildman–Crippen LogP) is 1.48. The number of benzene rings is 1. The smallest absolute Gasteiger partial charge is 0.119 e. The normalized spacial score (nSPS) is 12.1. The summed E-state index contributed by atoms with van der Waals surface area (Å²) >= 11 is 4.84. The largest absolute Gasteiger partial charge is 0.493 e. The molecule has 1 aromatic rings. The molecule has 1 atom stereocenters. The fraction of sp³-hybridized carbons (Fsp3) is 0.364. The molecule has 0 aliphatic carbocycles. The Bertz CT molecular complexity index is 324. The first-order valence-corrected chi connectivity index (χ1v) is 5.16. The lowest BCUT2D eigenvalue weighted by molar-refractivity contribution is 0.280. The van der Waals surface area contributed by atoms with Crippen LogP contribution in [0.2, 0.25) is 0 Å². The summed E-state index contributed by atoms with van der Waals surface area (Å²) in [5, 5.41) is 8.84. The molecule has 0 aromatic heterocycles. The van der Waals surface area contributed by atoms with Crippen LogP contribution in [-0.2, 0) is 6.61 Å². The van der Waals surface area contributed by atoms with E-state index in [-0.39, 0.29) is 12.5 Å². The summed E-state index contributed by atoms with van der Waals surface area (Å²) in [6.45, 7) is 2.45. The van der Waals surface area contributed by atoms with E-state index in [2.05, 4.69) is 0 Å². The van der Waals surface area contributed by atoms with Crippen molar-refractivity contribution in [2.45, 2.75) is 13.5 Å². The second kappa shape index (κ2) is 5.68. The highest BCUT2D eigenvalue weighted by molar-refractivity contribution is 7.80. The number of hydrogen-bond donors (Lipinski definition) is 2. The van der Waals surface area contributed by atoms with E-state index >= 15 is 0 Å². The molecule has 0 saturated heterocycles. The van der Waals surface area contributed by atoms with Crippen molar-refractivity contribution in [1.29, 1.82) is 0 Å². The molecule has 0 fully saturated rings. The van der Waals surface area contributed by atoms with Crippen molar-refractivity contribution in [2.75, 3.05) is 6.61 Å².